The van der Waals surface area contributed by atoms with Gasteiger partial charge in [-0.25, -0.2) is 0 Å². The summed E-state index contributed by atoms with van der Waals surface area (Å²) in [5.41, 5.74) is 1.29. The number of amides is 1. The van der Waals surface area contributed by atoms with Crippen LogP contribution in [0.3, 0.4) is 0 Å². The van der Waals surface area contributed by atoms with Crippen LogP contribution in [0.15, 0.2) is 42.1 Å². The topological polar surface area (TPSA) is 46.6 Å². The average molecular weight is 327 g/mol. The lowest BCUT2D eigenvalue weighted by atomic mass is 9.69. The van der Waals surface area contributed by atoms with Gasteiger partial charge in [-0.05, 0) is 45.1 Å². The minimum Gasteiger partial charge on any atom is -0.465 e. The summed E-state index contributed by atoms with van der Waals surface area (Å²) >= 11 is 0. The maximum atomic E-state index is 12.8. The number of nitrogens with zero attached hydrogens (tertiary/aromatic N) is 1. The number of ether oxygens (including phenoxy) is 1. The van der Waals surface area contributed by atoms with Gasteiger partial charge in [-0.3, -0.25) is 9.59 Å². The van der Waals surface area contributed by atoms with Crippen LogP contribution in [0.25, 0.3) is 0 Å². The Hall–Kier alpha value is -2.10. The first kappa shape index (κ1) is 16.7. The first-order chi connectivity index (χ1) is 11.6. The van der Waals surface area contributed by atoms with Crippen LogP contribution in [0.5, 0.6) is 0 Å². The smallest absolute Gasteiger partial charge is 0.318 e. The van der Waals surface area contributed by atoms with Crippen LogP contribution in [-0.2, 0) is 14.3 Å². The molecule has 24 heavy (non-hydrogen) atoms. The van der Waals surface area contributed by atoms with Crippen LogP contribution in [0.4, 0.5) is 0 Å². The maximum Gasteiger partial charge on any atom is 0.318 e. The fraction of sp³-hybridized carbons (Fsp3) is 0.500. The summed E-state index contributed by atoms with van der Waals surface area (Å²) < 4.78 is 5.39. The Bertz CT molecular complexity index is 652. The van der Waals surface area contributed by atoms with Crippen molar-refractivity contribution in [2.75, 3.05) is 6.61 Å². The highest BCUT2D eigenvalue weighted by molar-refractivity contribution is 5.88. The monoisotopic (exact) mass is 327 g/mol. The molecule has 1 saturated heterocycles. The van der Waals surface area contributed by atoms with E-state index in [9.17, 15) is 9.59 Å². The van der Waals surface area contributed by atoms with E-state index in [1.807, 2.05) is 49.1 Å². The van der Waals surface area contributed by atoms with E-state index < -0.39 is 5.41 Å². The van der Waals surface area contributed by atoms with E-state index >= 15 is 0 Å². The minimum atomic E-state index is -0.648. The van der Waals surface area contributed by atoms with E-state index in [0.717, 1.165) is 30.5 Å². The van der Waals surface area contributed by atoms with Gasteiger partial charge in [0.05, 0.1) is 12.6 Å². The Morgan fingerprint density at radius 3 is 2.75 bits per heavy atom. The molecule has 4 heteroatoms. The zero-order valence-electron chi connectivity index (χ0n) is 14.5. The zero-order chi connectivity index (χ0) is 17.2. The van der Waals surface area contributed by atoms with Crippen LogP contribution in [0, 0.1) is 5.41 Å². The lowest BCUT2D eigenvalue weighted by Gasteiger charge is -2.47. The highest BCUT2D eigenvalue weighted by Crippen LogP contribution is 2.49. The molecule has 1 aliphatic carbocycles. The van der Waals surface area contributed by atoms with Crippen LogP contribution in [0.1, 0.15) is 57.6 Å². The van der Waals surface area contributed by atoms with E-state index in [1.54, 1.807) is 0 Å². The maximum absolute atomic E-state index is 12.8. The van der Waals surface area contributed by atoms with Gasteiger partial charge in [0, 0.05) is 12.1 Å². The Balaban J connectivity index is 2.00. The summed E-state index contributed by atoms with van der Waals surface area (Å²) in [5, 5.41) is 0. The standard InChI is InChI=1S/C20H25NO3/c1-3-24-19(23)20-13-8-7-11-17(20)21(18(22)12-14-20)15(2)16-9-5-4-6-10-16/h4-6,9-11,15H,3,7-8,12-14H2,1-2H3/t15?,20-/m0/s1. The van der Waals surface area contributed by atoms with Gasteiger partial charge >= 0.3 is 5.97 Å². The van der Waals surface area contributed by atoms with E-state index in [1.165, 1.54) is 0 Å². The molecule has 1 heterocycles. The molecule has 0 radical (unpaired) electrons. The highest BCUT2D eigenvalue weighted by Gasteiger charge is 2.51. The van der Waals surface area contributed by atoms with Crippen molar-refractivity contribution in [1.82, 2.24) is 4.90 Å². The van der Waals surface area contributed by atoms with Crippen LogP contribution in [-0.4, -0.2) is 23.4 Å². The molecule has 1 fully saturated rings. The number of hydrogen-bond donors (Lipinski definition) is 0. The molecule has 0 saturated carbocycles. The molecular weight excluding hydrogens is 302 g/mol. The molecule has 2 aliphatic rings. The second-order valence-corrected chi connectivity index (χ2v) is 6.63. The van der Waals surface area contributed by atoms with Crippen LogP contribution in [0.2, 0.25) is 0 Å². The molecular formula is C20H25NO3. The third-order valence-corrected chi connectivity index (χ3v) is 5.26. The minimum absolute atomic E-state index is 0.0860. The fourth-order valence-corrected chi connectivity index (χ4v) is 4.01. The van der Waals surface area contributed by atoms with Crippen molar-refractivity contribution in [2.45, 2.75) is 52.0 Å². The quantitative estimate of drug-likeness (QED) is 0.786. The molecule has 1 amide bonds. The lowest BCUT2D eigenvalue weighted by molar-refractivity contribution is -0.159. The largest absolute Gasteiger partial charge is 0.465 e. The van der Waals surface area contributed by atoms with Gasteiger partial charge in [0.2, 0.25) is 5.91 Å². The van der Waals surface area contributed by atoms with Crippen LogP contribution < -0.4 is 0 Å². The van der Waals surface area contributed by atoms with Gasteiger partial charge in [0.1, 0.15) is 5.41 Å². The Labute approximate surface area is 143 Å². The number of likely N-dealkylation sites (tertiary alicyclic amines) is 1. The second kappa shape index (κ2) is 6.80. The van der Waals surface area contributed by atoms with E-state index in [4.69, 9.17) is 4.74 Å². The summed E-state index contributed by atoms with van der Waals surface area (Å²) in [4.78, 5) is 27.3. The predicted octanol–water partition coefficient (Wildman–Crippen LogP) is 3.99. The molecule has 2 atom stereocenters. The molecule has 1 aliphatic heterocycles. The van der Waals surface area contributed by atoms with Gasteiger partial charge in [-0.1, -0.05) is 36.4 Å². The lowest BCUT2D eigenvalue weighted by Crippen LogP contribution is -2.50. The Morgan fingerprint density at radius 1 is 1.29 bits per heavy atom. The summed E-state index contributed by atoms with van der Waals surface area (Å²) in [7, 11) is 0. The van der Waals surface area contributed by atoms with Gasteiger partial charge in [0.15, 0.2) is 0 Å². The zero-order valence-corrected chi connectivity index (χ0v) is 14.5. The van der Waals surface area contributed by atoms with Crippen molar-refractivity contribution >= 4 is 11.9 Å². The normalized spacial score (nSPS) is 24.8. The number of benzene rings is 1. The third-order valence-electron chi connectivity index (χ3n) is 5.26. The predicted molar refractivity (Wildman–Crippen MR) is 91.9 cm³/mol. The number of carbonyl (C=O) groups is 2. The molecule has 1 aromatic rings. The molecule has 0 N–H and O–H groups in total. The molecule has 0 spiro atoms. The molecule has 128 valence electrons. The van der Waals surface area contributed by atoms with E-state index in [0.29, 0.717) is 19.4 Å². The summed E-state index contributed by atoms with van der Waals surface area (Å²) in [6.45, 7) is 4.24. The molecule has 1 unspecified atom stereocenters. The Morgan fingerprint density at radius 2 is 2.04 bits per heavy atom. The van der Waals surface area contributed by atoms with E-state index in [-0.39, 0.29) is 17.9 Å². The number of esters is 1. The van der Waals surface area contributed by atoms with Gasteiger partial charge < -0.3 is 9.64 Å². The fourth-order valence-electron chi connectivity index (χ4n) is 4.01. The number of allylic oxidation sites excluding steroid dienone is 1. The van der Waals surface area contributed by atoms with Gasteiger partial charge in [0.25, 0.3) is 0 Å². The van der Waals surface area contributed by atoms with Crippen molar-refractivity contribution in [2.24, 2.45) is 5.41 Å². The first-order valence-electron chi connectivity index (χ1n) is 8.85. The number of rotatable bonds is 4. The molecule has 0 bridgehead atoms. The second-order valence-electron chi connectivity index (χ2n) is 6.63. The van der Waals surface area contributed by atoms with Crippen molar-refractivity contribution in [3.05, 3.63) is 47.7 Å². The van der Waals surface area contributed by atoms with Crippen molar-refractivity contribution in [1.29, 1.82) is 0 Å². The number of hydrogen-bond acceptors (Lipinski definition) is 3. The van der Waals surface area contributed by atoms with Gasteiger partial charge in [-0.2, -0.15) is 0 Å². The summed E-state index contributed by atoms with van der Waals surface area (Å²) in [6.07, 6.45) is 5.67. The van der Waals surface area contributed by atoms with Crippen molar-refractivity contribution in [3.63, 3.8) is 0 Å². The van der Waals surface area contributed by atoms with Crippen molar-refractivity contribution < 1.29 is 14.3 Å². The summed E-state index contributed by atoms with van der Waals surface area (Å²) in [6, 6.07) is 9.90. The Kier molecular flexibility index (Phi) is 4.74. The molecule has 3 rings (SSSR count). The highest BCUT2D eigenvalue weighted by atomic mass is 16.5. The third kappa shape index (κ3) is 2.74. The average Bonchev–Trinajstić information content (AvgIpc) is 2.62. The van der Waals surface area contributed by atoms with Gasteiger partial charge in [-0.15, -0.1) is 0 Å². The number of fused-ring (bicyclic) bond motifs is 1. The molecule has 0 aromatic heterocycles. The van der Waals surface area contributed by atoms with Crippen molar-refractivity contribution in [3.8, 4) is 0 Å². The number of piperidine rings is 1. The SMILES string of the molecule is CCOC(=O)[C@]12CCCC=C1N(C(C)c1ccccc1)C(=O)CC2. The first-order valence-corrected chi connectivity index (χ1v) is 8.85. The number of carbonyl (C=O) groups excluding carboxylic acids is 2. The van der Waals surface area contributed by atoms with Crippen LogP contribution >= 0.6 is 0 Å². The van der Waals surface area contributed by atoms with E-state index in [2.05, 4.69) is 6.08 Å². The summed E-state index contributed by atoms with van der Waals surface area (Å²) in [5.74, 6) is -0.0758. The molecule has 1 aromatic carbocycles. The molecule has 4 nitrogen and oxygen atoms in total.